The molecular weight excluding hydrogens is 249 g/mol. The van der Waals surface area contributed by atoms with Crippen molar-refractivity contribution in [3.05, 3.63) is 35.1 Å². The summed E-state index contributed by atoms with van der Waals surface area (Å²) in [6.07, 6.45) is 2.08. The number of rotatable bonds is 5. The van der Waals surface area contributed by atoms with Gasteiger partial charge >= 0.3 is 0 Å². The van der Waals surface area contributed by atoms with E-state index in [1.807, 2.05) is 7.05 Å². The Labute approximate surface area is 112 Å². The van der Waals surface area contributed by atoms with E-state index < -0.39 is 0 Å². The fourth-order valence-electron chi connectivity index (χ4n) is 1.54. The molecular formula is C14H18FNOS. The minimum Gasteiger partial charge on any atom is -0.384 e. The SMILES string of the molecule is CSCCN(C)Cc1ccc(F)c(C#CCO)c1. The van der Waals surface area contributed by atoms with Gasteiger partial charge in [-0.3, -0.25) is 0 Å². The number of hydrogen-bond acceptors (Lipinski definition) is 3. The summed E-state index contributed by atoms with van der Waals surface area (Å²) in [5.41, 5.74) is 1.38. The zero-order valence-electron chi connectivity index (χ0n) is 10.7. The van der Waals surface area contributed by atoms with Crippen LogP contribution in [0.5, 0.6) is 0 Å². The van der Waals surface area contributed by atoms with Gasteiger partial charge in [-0.1, -0.05) is 17.9 Å². The van der Waals surface area contributed by atoms with Crippen LogP contribution in [0.25, 0.3) is 0 Å². The van der Waals surface area contributed by atoms with Gasteiger partial charge in [0.15, 0.2) is 0 Å². The quantitative estimate of drug-likeness (QED) is 0.825. The first-order valence-corrected chi connectivity index (χ1v) is 7.12. The van der Waals surface area contributed by atoms with Gasteiger partial charge in [0.05, 0.1) is 5.56 Å². The van der Waals surface area contributed by atoms with Gasteiger partial charge in [0.25, 0.3) is 0 Å². The first kappa shape index (κ1) is 15.0. The Morgan fingerprint density at radius 1 is 1.44 bits per heavy atom. The Balaban J connectivity index is 2.72. The molecule has 0 amide bonds. The molecule has 0 saturated heterocycles. The van der Waals surface area contributed by atoms with Crippen LogP contribution in [-0.2, 0) is 6.54 Å². The van der Waals surface area contributed by atoms with Gasteiger partial charge in [-0.2, -0.15) is 11.8 Å². The van der Waals surface area contributed by atoms with E-state index >= 15 is 0 Å². The average molecular weight is 267 g/mol. The molecule has 0 heterocycles. The molecule has 0 bridgehead atoms. The van der Waals surface area contributed by atoms with Crippen molar-refractivity contribution < 1.29 is 9.50 Å². The first-order chi connectivity index (χ1) is 8.67. The Kier molecular flexibility index (Phi) is 6.81. The largest absolute Gasteiger partial charge is 0.384 e. The Morgan fingerprint density at radius 3 is 2.89 bits per heavy atom. The third kappa shape index (κ3) is 5.09. The summed E-state index contributed by atoms with van der Waals surface area (Å²) in [6, 6.07) is 4.95. The summed E-state index contributed by atoms with van der Waals surface area (Å²) < 4.78 is 13.4. The Morgan fingerprint density at radius 2 is 2.22 bits per heavy atom. The van der Waals surface area contributed by atoms with Crippen molar-refractivity contribution in [3.8, 4) is 11.8 Å². The molecule has 0 atom stereocenters. The van der Waals surface area contributed by atoms with Crippen LogP contribution >= 0.6 is 11.8 Å². The van der Waals surface area contributed by atoms with Crippen molar-refractivity contribution in [1.82, 2.24) is 4.90 Å². The van der Waals surface area contributed by atoms with Gasteiger partial charge in [-0.05, 0) is 31.0 Å². The second-order valence-electron chi connectivity index (χ2n) is 4.00. The van der Waals surface area contributed by atoms with Crippen LogP contribution in [0.4, 0.5) is 4.39 Å². The van der Waals surface area contributed by atoms with Gasteiger partial charge < -0.3 is 10.0 Å². The molecule has 4 heteroatoms. The Hall–Kier alpha value is -1.02. The molecule has 1 aromatic carbocycles. The number of nitrogens with zero attached hydrogens (tertiary/aromatic N) is 1. The summed E-state index contributed by atoms with van der Waals surface area (Å²) in [5, 5.41) is 8.62. The molecule has 0 aliphatic rings. The molecule has 1 N–H and O–H groups in total. The Bertz CT molecular complexity index is 439. The lowest BCUT2D eigenvalue weighted by Crippen LogP contribution is -2.20. The molecule has 0 radical (unpaired) electrons. The lowest BCUT2D eigenvalue weighted by molar-refractivity contribution is 0.348. The van der Waals surface area contributed by atoms with Crippen LogP contribution in [-0.4, -0.2) is 42.2 Å². The highest BCUT2D eigenvalue weighted by molar-refractivity contribution is 7.98. The van der Waals surface area contributed by atoms with Crippen molar-refractivity contribution in [3.63, 3.8) is 0 Å². The minimum absolute atomic E-state index is 0.253. The lowest BCUT2D eigenvalue weighted by atomic mass is 10.1. The normalized spacial score (nSPS) is 10.3. The average Bonchev–Trinajstić information content (AvgIpc) is 2.37. The predicted octanol–water partition coefficient (Wildman–Crippen LogP) is 1.96. The molecule has 1 rings (SSSR count). The first-order valence-electron chi connectivity index (χ1n) is 5.73. The summed E-state index contributed by atoms with van der Waals surface area (Å²) in [7, 11) is 2.04. The van der Waals surface area contributed by atoms with Gasteiger partial charge in [0, 0.05) is 18.8 Å². The summed E-state index contributed by atoms with van der Waals surface area (Å²) in [5.74, 6) is 5.83. The van der Waals surface area contributed by atoms with Crippen molar-refractivity contribution in [1.29, 1.82) is 0 Å². The third-order valence-corrected chi connectivity index (χ3v) is 3.05. The van der Waals surface area contributed by atoms with Crippen LogP contribution in [0.3, 0.4) is 0 Å². The number of hydrogen-bond donors (Lipinski definition) is 1. The second kappa shape index (κ2) is 8.15. The number of halogens is 1. The summed E-state index contributed by atoms with van der Waals surface area (Å²) >= 11 is 1.81. The maximum Gasteiger partial charge on any atom is 0.138 e. The van der Waals surface area contributed by atoms with Crippen molar-refractivity contribution >= 4 is 11.8 Å². The van der Waals surface area contributed by atoms with Gasteiger partial charge in [-0.15, -0.1) is 0 Å². The minimum atomic E-state index is -0.341. The smallest absolute Gasteiger partial charge is 0.138 e. The van der Waals surface area contributed by atoms with E-state index in [0.717, 1.165) is 24.4 Å². The highest BCUT2D eigenvalue weighted by atomic mass is 32.2. The molecule has 0 unspecified atom stereocenters. The summed E-state index contributed by atoms with van der Waals surface area (Å²) in [4.78, 5) is 2.19. The molecule has 98 valence electrons. The molecule has 0 aromatic heterocycles. The zero-order valence-corrected chi connectivity index (χ0v) is 11.6. The number of benzene rings is 1. The topological polar surface area (TPSA) is 23.5 Å². The highest BCUT2D eigenvalue weighted by Gasteiger charge is 2.04. The van der Waals surface area contributed by atoms with E-state index in [2.05, 4.69) is 23.0 Å². The van der Waals surface area contributed by atoms with Crippen LogP contribution < -0.4 is 0 Å². The molecule has 0 fully saturated rings. The van der Waals surface area contributed by atoms with Gasteiger partial charge in [0.2, 0.25) is 0 Å². The standard InChI is InChI=1S/C14H18FNOS/c1-16(7-9-18-2)11-12-5-6-14(15)13(10-12)4-3-8-17/h5-6,10,17H,7-9,11H2,1-2H3. The number of thioether (sulfide) groups is 1. The van der Waals surface area contributed by atoms with Crippen molar-refractivity contribution in [2.45, 2.75) is 6.54 Å². The highest BCUT2D eigenvalue weighted by Crippen LogP contribution is 2.11. The monoisotopic (exact) mass is 267 g/mol. The zero-order chi connectivity index (χ0) is 13.4. The number of aliphatic hydroxyl groups is 1. The number of aliphatic hydroxyl groups excluding tert-OH is 1. The maximum atomic E-state index is 13.4. The van der Waals surface area contributed by atoms with E-state index in [0.29, 0.717) is 5.56 Å². The van der Waals surface area contributed by atoms with Crippen LogP contribution in [0.1, 0.15) is 11.1 Å². The predicted molar refractivity (Wildman–Crippen MR) is 75.1 cm³/mol. The van der Waals surface area contributed by atoms with Crippen LogP contribution in [0, 0.1) is 17.7 Å². The molecule has 2 nitrogen and oxygen atoms in total. The molecule has 0 aliphatic carbocycles. The summed E-state index contributed by atoms with van der Waals surface area (Å²) in [6.45, 7) is 1.52. The molecule has 1 aromatic rings. The fraction of sp³-hybridized carbons (Fsp3) is 0.429. The fourth-order valence-corrected chi connectivity index (χ4v) is 2.03. The van der Waals surface area contributed by atoms with Crippen molar-refractivity contribution in [2.24, 2.45) is 0 Å². The third-order valence-electron chi connectivity index (χ3n) is 2.46. The molecule has 0 spiro atoms. The van der Waals surface area contributed by atoms with E-state index in [1.165, 1.54) is 6.07 Å². The van der Waals surface area contributed by atoms with E-state index in [9.17, 15) is 4.39 Å². The van der Waals surface area contributed by atoms with E-state index in [-0.39, 0.29) is 12.4 Å². The molecule has 0 saturated carbocycles. The van der Waals surface area contributed by atoms with Crippen molar-refractivity contribution in [2.75, 3.05) is 32.2 Å². The second-order valence-corrected chi connectivity index (χ2v) is 4.99. The van der Waals surface area contributed by atoms with Gasteiger partial charge in [-0.25, -0.2) is 4.39 Å². The lowest BCUT2D eigenvalue weighted by Gasteiger charge is -2.16. The molecule has 18 heavy (non-hydrogen) atoms. The van der Waals surface area contributed by atoms with Gasteiger partial charge in [0.1, 0.15) is 12.4 Å². The molecule has 0 aliphatic heterocycles. The van der Waals surface area contributed by atoms with Crippen LogP contribution in [0.2, 0.25) is 0 Å². The van der Waals surface area contributed by atoms with E-state index in [4.69, 9.17) is 5.11 Å². The van der Waals surface area contributed by atoms with Crippen LogP contribution in [0.15, 0.2) is 18.2 Å². The van der Waals surface area contributed by atoms with E-state index in [1.54, 1.807) is 23.9 Å². The maximum absolute atomic E-state index is 13.4.